The number of methoxy groups -OCH3 is 1. The maximum absolute atomic E-state index is 12.1. The number of hydrogen-bond acceptors (Lipinski definition) is 3. The maximum Gasteiger partial charge on any atom is 0.305 e. The Morgan fingerprint density at radius 2 is 1.88 bits per heavy atom. The molecule has 0 radical (unpaired) electrons. The molecule has 2 N–H and O–H groups in total. The molecule has 0 spiro atoms. The number of allylic oxidation sites excluding steroid dienone is 1. The van der Waals surface area contributed by atoms with Crippen molar-refractivity contribution in [1.29, 1.82) is 0 Å². The Kier molecular flexibility index (Phi) is 5.80. The van der Waals surface area contributed by atoms with E-state index in [2.05, 4.69) is 6.58 Å². The third-order valence-electron chi connectivity index (χ3n) is 4.32. The molecule has 0 saturated carbocycles. The lowest BCUT2D eigenvalue weighted by atomic mass is 9.97. The van der Waals surface area contributed by atoms with Crippen LogP contribution in [0.4, 0.5) is 0 Å². The molecule has 2 aromatic rings. The Hall–Kier alpha value is -2.82. The Balaban J connectivity index is 2.68. The Labute approximate surface area is 148 Å². The summed E-state index contributed by atoms with van der Waals surface area (Å²) >= 11 is 0. The highest BCUT2D eigenvalue weighted by Gasteiger charge is 2.24. The highest BCUT2D eigenvalue weighted by Crippen LogP contribution is 2.34. The molecule has 0 unspecified atom stereocenters. The van der Waals surface area contributed by atoms with E-state index in [0.717, 1.165) is 28.1 Å². The third-order valence-corrected chi connectivity index (χ3v) is 4.32. The van der Waals surface area contributed by atoms with Gasteiger partial charge < -0.3 is 15.0 Å². The van der Waals surface area contributed by atoms with E-state index in [9.17, 15) is 9.59 Å². The quantitative estimate of drug-likeness (QED) is 0.621. The molecule has 1 heterocycles. The normalized spacial score (nSPS) is 10.5. The van der Waals surface area contributed by atoms with Gasteiger partial charge in [0.2, 0.25) is 0 Å². The summed E-state index contributed by atoms with van der Waals surface area (Å²) in [6.45, 7) is 8.19. The van der Waals surface area contributed by atoms with E-state index in [4.69, 9.17) is 10.5 Å². The SMILES string of the molecule is C=CCn1c(C)c(C(N)=O)c(-c2ccc(C)cc2)c1CCC(=O)OC. The second kappa shape index (κ2) is 7.83. The molecule has 25 heavy (non-hydrogen) atoms. The molecule has 132 valence electrons. The predicted molar refractivity (Wildman–Crippen MR) is 98.4 cm³/mol. The topological polar surface area (TPSA) is 74.3 Å². The number of carbonyl (C=O) groups excluding carboxylic acids is 2. The van der Waals surface area contributed by atoms with E-state index in [1.807, 2.05) is 42.7 Å². The molecule has 5 nitrogen and oxygen atoms in total. The Morgan fingerprint density at radius 1 is 1.24 bits per heavy atom. The Morgan fingerprint density at radius 3 is 2.40 bits per heavy atom. The van der Waals surface area contributed by atoms with Crippen molar-refractivity contribution in [2.45, 2.75) is 33.2 Å². The molecule has 0 saturated heterocycles. The first-order chi connectivity index (χ1) is 11.9. The molecule has 0 fully saturated rings. The van der Waals surface area contributed by atoms with Crippen LogP contribution < -0.4 is 5.73 Å². The number of amides is 1. The number of aryl methyl sites for hydroxylation is 1. The molecule has 1 aromatic heterocycles. The number of hydrogen-bond donors (Lipinski definition) is 1. The fourth-order valence-corrected chi connectivity index (χ4v) is 3.09. The average Bonchev–Trinajstić information content (AvgIpc) is 2.86. The van der Waals surface area contributed by atoms with Gasteiger partial charge in [0.15, 0.2) is 0 Å². The third kappa shape index (κ3) is 3.82. The van der Waals surface area contributed by atoms with Crippen LogP contribution in [0.1, 0.15) is 33.7 Å². The van der Waals surface area contributed by atoms with Gasteiger partial charge in [-0.05, 0) is 25.8 Å². The van der Waals surface area contributed by atoms with Gasteiger partial charge in [-0.2, -0.15) is 0 Å². The zero-order chi connectivity index (χ0) is 18.6. The zero-order valence-electron chi connectivity index (χ0n) is 15.0. The van der Waals surface area contributed by atoms with E-state index in [0.29, 0.717) is 18.5 Å². The first kappa shape index (κ1) is 18.5. The van der Waals surface area contributed by atoms with Crippen molar-refractivity contribution in [2.75, 3.05) is 7.11 Å². The van der Waals surface area contributed by atoms with Crippen LogP contribution in [0.15, 0.2) is 36.9 Å². The summed E-state index contributed by atoms with van der Waals surface area (Å²) in [6, 6.07) is 7.92. The lowest BCUT2D eigenvalue weighted by Gasteiger charge is -2.11. The van der Waals surface area contributed by atoms with Gasteiger partial charge in [-0.25, -0.2) is 0 Å². The number of nitrogens with two attached hydrogens (primary N) is 1. The molecule has 0 atom stereocenters. The number of benzene rings is 1. The van der Waals surface area contributed by atoms with Crippen molar-refractivity contribution in [3.8, 4) is 11.1 Å². The molecule has 1 amide bonds. The summed E-state index contributed by atoms with van der Waals surface area (Å²) in [7, 11) is 1.37. The summed E-state index contributed by atoms with van der Waals surface area (Å²) in [5.41, 5.74) is 10.7. The summed E-state index contributed by atoms with van der Waals surface area (Å²) in [4.78, 5) is 23.8. The monoisotopic (exact) mass is 340 g/mol. The molecule has 0 bridgehead atoms. The van der Waals surface area contributed by atoms with Gasteiger partial charge in [-0.3, -0.25) is 9.59 Å². The average molecular weight is 340 g/mol. The van der Waals surface area contributed by atoms with Crippen molar-refractivity contribution in [3.05, 3.63) is 59.4 Å². The summed E-state index contributed by atoms with van der Waals surface area (Å²) in [6.07, 6.45) is 2.45. The lowest BCUT2D eigenvalue weighted by molar-refractivity contribution is -0.140. The van der Waals surface area contributed by atoms with Crippen molar-refractivity contribution in [1.82, 2.24) is 4.57 Å². The lowest BCUT2D eigenvalue weighted by Crippen LogP contribution is -2.13. The van der Waals surface area contributed by atoms with Crippen LogP contribution in [-0.2, 0) is 22.5 Å². The molecular weight excluding hydrogens is 316 g/mol. The molecular formula is C20H24N2O3. The molecule has 2 rings (SSSR count). The number of primary amides is 1. The highest BCUT2D eigenvalue weighted by atomic mass is 16.5. The van der Waals surface area contributed by atoms with Crippen LogP contribution in [0.3, 0.4) is 0 Å². The molecule has 0 aliphatic carbocycles. The minimum absolute atomic E-state index is 0.230. The molecule has 5 heteroatoms. The number of carbonyl (C=O) groups is 2. The number of nitrogens with zero attached hydrogens (tertiary/aromatic N) is 1. The number of aromatic nitrogens is 1. The number of rotatable bonds is 7. The molecule has 1 aromatic carbocycles. The molecule has 0 aliphatic rings. The van der Waals surface area contributed by atoms with Gasteiger partial charge in [-0.15, -0.1) is 6.58 Å². The summed E-state index contributed by atoms with van der Waals surface area (Å²) < 4.78 is 6.75. The van der Waals surface area contributed by atoms with Gasteiger partial charge in [-0.1, -0.05) is 35.9 Å². The first-order valence-corrected chi connectivity index (χ1v) is 8.17. The van der Waals surface area contributed by atoms with E-state index >= 15 is 0 Å². The number of esters is 1. The van der Waals surface area contributed by atoms with Gasteiger partial charge in [0.05, 0.1) is 19.1 Å². The Bertz CT molecular complexity index is 801. The van der Waals surface area contributed by atoms with Gasteiger partial charge in [0.25, 0.3) is 5.91 Å². The summed E-state index contributed by atoms with van der Waals surface area (Å²) in [5, 5.41) is 0. The van der Waals surface area contributed by atoms with E-state index < -0.39 is 5.91 Å². The van der Waals surface area contributed by atoms with Crippen LogP contribution in [0.5, 0.6) is 0 Å². The maximum atomic E-state index is 12.1. The minimum Gasteiger partial charge on any atom is -0.469 e. The van der Waals surface area contributed by atoms with Gasteiger partial charge in [0, 0.05) is 23.5 Å². The van der Waals surface area contributed by atoms with Crippen LogP contribution in [0.2, 0.25) is 0 Å². The second-order valence-corrected chi connectivity index (χ2v) is 5.99. The summed E-state index contributed by atoms with van der Waals surface area (Å²) in [5.74, 6) is -0.769. The fourth-order valence-electron chi connectivity index (χ4n) is 3.09. The second-order valence-electron chi connectivity index (χ2n) is 5.99. The number of ether oxygens (including phenoxy) is 1. The van der Waals surface area contributed by atoms with Crippen LogP contribution in [-0.4, -0.2) is 23.6 Å². The van der Waals surface area contributed by atoms with Gasteiger partial charge >= 0.3 is 5.97 Å². The molecule has 0 aliphatic heterocycles. The van der Waals surface area contributed by atoms with E-state index in [1.54, 1.807) is 6.08 Å². The van der Waals surface area contributed by atoms with Crippen molar-refractivity contribution < 1.29 is 14.3 Å². The van der Waals surface area contributed by atoms with Crippen LogP contribution in [0, 0.1) is 13.8 Å². The van der Waals surface area contributed by atoms with Crippen molar-refractivity contribution in [3.63, 3.8) is 0 Å². The first-order valence-electron chi connectivity index (χ1n) is 8.17. The van der Waals surface area contributed by atoms with Crippen molar-refractivity contribution >= 4 is 11.9 Å². The standard InChI is InChI=1S/C20H24N2O3/c1-5-12-22-14(3)18(20(21)24)19(15-8-6-13(2)7-9-15)16(22)10-11-17(23)25-4/h5-9H,1,10-12H2,2-4H3,(H2,21,24). The van der Waals surface area contributed by atoms with E-state index in [1.165, 1.54) is 7.11 Å². The van der Waals surface area contributed by atoms with E-state index in [-0.39, 0.29) is 12.4 Å². The van der Waals surface area contributed by atoms with Gasteiger partial charge in [0.1, 0.15) is 0 Å². The van der Waals surface area contributed by atoms with Crippen molar-refractivity contribution in [2.24, 2.45) is 5.73 Å². The smallest absolute Gasteiger partial charge is 0.305 e. The fraction of sp³-hybridized carbons (Fsp3) is 0.300. The zero-order valence-corrected chi connectivity index (χ0v) is 15.0. The largest absolute Gasteiger partial charge is 0.469 e. The highest BCUT2D eigenvalue weighted by molar-refractivity contribution is 6.02. The van der Waals surface area contributed by atoms with Crippen LogP contribution >= 0.6 is 0 Å². The minimum atomic E-state index is -0.477. The predicted octanol–water partition coefficient (Wildman–Crippen LogP) is 3.16. The van der Waals surface area contributed by atoms with Crippen LogP contribution in [0.25, 0.3) is 11.1 Å².